The molecule has 1 aromatic carbocycles. The van der Waals surface area contributed by atoms with Crippen LogP contribution in [0.4, 0.5) is 0 Å². The zero-order chi connectivity index (χ0) is 10.2. The molecule has 1 nitrogen and oxygen atoms in total. The van der Waals surface area contributed by atoms with Crippen molar-refractivity contribution in [3.05, 3.63) is 33.4 Å². The number of alkyl halides is 1. The fourth-order valence-electron chi connectivity index (χ4n) is 1.18. The predicted octanol–water partition coefficient (Wildman–Crippen LogP) is 3.56. The van der Waals surface area contributed by atoms with Gasteiger partial charge in [0, 0.05) is 15.4 Å². The Morgan fingerprint density at radius 2 is 1.86 bits per heavy atom. The third-order valence-corrected chi connectivity index (χ3v) is 3.26. The van der Waals surface area contributed by atoms with Crippen molar-refractivity contribution in [3.8, 4) is 0 Å². The highest BCUT2D eigenvalue weighted by atomic mass is 127. The van der Waals surface area contributed by atoms with Gasteiger partial charge >= 0.3 is 0 Å². The SMILES string of the molecule is BrCCCCNCc1ccc(I)cc1. The molecule has 1 N–H and O–H groups in total. The second kappa shape index (κ2) is 7.65. The van der Waals surface area contributed by atoms with Gasteiger partial charge < -0.3 is 5.32 Å². The van der Waals surface area contributed by atoms with E-state index in [1.54, 1.807) is 0 Å². The lowest BCUT2D eigenvalue weighted by molar-refractivity contribution is 0.644. The van der Waals surface area contributed by atoms with Crippen LogP contribution >= 0.6 is 38.5 Å². The zero-order valence-corrected chi connectivity index (χ0v) is 11.8. The Bertz CT molecular complexity index is 248. The van der Waals surface area contributed by atoms with E-state index in [0.29, 0.717) is 0 Å². The molecule has 0 saturated carbocycles. The van der Waals surface area contributed by atoms with Crippen LogP contribution in [-0.4, -0.2) is 11.9 Å². The van der Waals surface area contributed by atoms with Crippen LogP contribution in [-0.2, 0) is 6.54 Å². The van der Waals surface area contributed by atoms with E-state index in [9.17, 15) is 0 Å². The lowest BCUT2D eigenvalue weighted by Crippen LogP contribution is -2.14. The van der Waals surface area contributed by atoms with Crippen molar-refractivity contribution in [1.29, 1.82) is 0 Å². The van der Waals surface area contributed by atoms with Gasteiger partial charge in [0.1, 0.15) is 0 Å². The summed E-state index contributed by atoms with van der Waals surface area (Å²) in [5, 5.41) is 4.54. The molecule has 0 heterocycles. The van der Waals surface area contributed by atoms with Crippen LogP contribution in [0.5, 0.6) is 0 Å². The van der Waals surface area contributed by atoms with E-state index in [2.05, 4.69) is 68.1 Å². The molecule has 0 unspecified atom stereocenters. The van der Waals surface area contributed by atoms with Gasteiger partial charge in [0.15, 0.2) is 0 Å². The fraction of sp³-hybridized carbons (Fsp3) is 0.455. The molecule has 0 fully saturated rings. The topological polar surface area (TPSA) is 12.0 Å². The van der Waals surface area contributed by atoms with E-state index in [1.165, 1.54) is 22.0 Å². The first kappa shape index (κ1) is 12.5. The van der Waals surface area contributed by atoms with Crippen molar-refractivity contribution in [2.24, 2.45) is 0 Å². The molecule has 14 heavy (non-hydrogen) atoms. The van der Waals surface area contributed by atoms with E-state index in [-0.39, 0.29) is 0 Å². The molecule has 1 rings (SSSR count). The Morgan fingerprint density at radius 3 is 2.50 bits per heavy atom. The summed E-state index contributed by atoms with van der Waals surface area (Å²) in [4.78, 5) is 0. The zero-order valence-electron chi connectivity index (χ0n) is 8.10. The smallest absolute Gasteiger partial charge is 0.0205 e. The first-order valence-electron chi connectivity index (χ1n) is 4.84. The Morgan fingerprint density at radius 1 is 1.14 bits per heavy atom. The van der Waals surface area contributed by atoms with Crippen molar-refractivity contribution in [2.75, 3.05) is 11.9 Å². The van der Waals surface area contributed by atoms with Crippen molar-refractivity contribution >= 4 is 38.5 Å². The van der Waals surface area contributed by atoms with Gasteiger partial charge in [-0.3, -0.25) is 0 Å². The van der Waals surface area contributed by atoms with E-state index in [1.807, 2.05) is 0 Å². The van der Waals surface area contributed by atoms with E-state index in [4.69, 9.17) is 0 Å². The summed E-state index contributed by atoms with van der Waals surface area (Å²) in [5.74, 6) is 0. The maximum absolute atomic E-state index is 3.43. The average Bonchev–Trinajstić information content (AvgIpc) is 2.21. The average molecular weight is 368 g/mol. The Hall–Kier alpha value is 0.390. The van der Waals surface area contributed by atoms with Gasteiger partial charge in [-0.1, -0.05) is 28.1 Å². The van der Waals surface area contributed by atoms with Crippen LogP contribution in [0.2, 0.25) is 0 Å². The molecule has 0 saturated heterocycles. The van der Waals surface area contributed by atoms with Crippen LogP contribution in [0, 0.1) is 3.57 Å². The summed E-state index contributed by atoms with van der Waals surface area (Å²) < 4.78 is 1.30. The van der Waals surface area contributed by atoms with Crippen molar-refractivity contribution in [2.45, 2.75) is 19.4 Å². The lowest BCUT2D eigenvalue weighted by atomic mass is 10.2. The number of hydrogen-bond donors (Lipinski definition) is 1. The summed E-state index contributed by atoms with van der Waals surface area (Å²) in [6, 6.07) is 8.66. The molecule has 0 radical (unpaired) electrons. The fourth-order valence-corrected chi connectivity index (χ4v) is 1.94. The lowest BCUT2D eigenvalue weighted by Gasteiger charge is -2.04. The third kappa shape index (κ3) is 5.32. The van der Waals surface area contributed by atoms with Gasteiger partial charge in [0.25, 0.3) is 0 Å². The molecule has 0 atom stereocenters. The van der Waals surface area contributed by atoms with Gasteiger partial charge in [-0.2, -0.15) is 0 Å². The standard InChI is InChI=1S/C11H15BrIN/c12-7-1-2-8-14-9-10-3-5-11(13)6-4-10/h3-6,14H,1-2,7-9H2. The third-order valence-electron chi connectivity index (χ3n) is 1.98. The minimum absolute atomic E-state index is 0.985. The maximum atomic E-state index is 3.43. The Balaban J connectivity index is 2.15. The van der Waals surface area contributed by atoms with E-state index in [0.717, 1.165) is 18.4 Å². The molecule has 0 aliphatic rings. The second-order valence-corrected chi connectivity index (χ2v) is 5.24. The minimum Gasteiger partial charge on any atom is -0.313 e. The van der Waals surface area contributed by atoms with Crippen LogP contribution in [0.3, 0.4) is 0 Å². The monoisotopic (exact) mass is 367 g/mol. The van der Waals surface area contributed by atoms with Gasteiger partial charge in [0.05, 0.1) is 0 Å². The number of hydrogen-bond acceptors (Lipinski definition) is 1. The van der Waals surface area contributed by atoms with Gasteiger partial charge in [-0.05, 0) is 59.7 Å². The second-order valence-electron chi connectivity index (χ2n) is 3.20. The number of nitrogens with one attached hydrogen (secondary N) is 1. The van der Waals surface area contributed by atoms with Gasteiger partial charge in [-0.25, -0.2) is 0 Å². The predicted molar refractivity (Wildman–Crippen MR) is 73.9 cm³/mol. The highest BCUT2D eigenvalue weighted by Gasteiger charge is 1.92. The Kier molecular flexibility index (Phi) is 6.81. The highest BCUT2D eigenvalue weighted by molar-refractivity contribution is 14.1. The molecule has 1 aromatic rings. The normalized spacial score (nSPS) is 10.4. The Labute approximate surface area is 108 Å². The number of benzene rings is 1. The summed E-state index contributed by atoms with van der Waals surface area (Å²) in [6.07, 6.45) is 2.50. The molecule has 0 aromatic heterocycles. The molecule has 3 heteroatoms. The molecule has 0 spiro atoms. The number of rotatable bonds is 6. The first-order chi connectivity index (χ1) is 6.83. The molecule has 78 valence electrons. The van der Waals surface area contributed by atoms with Crippen molar-refractivity contribution in [1.82, 2.24) is 5.32 Å². The van der Waals surface area contributed by atoms with Crippen molar-refractivity contribution < 1.29 is 0 Å². The minimum atomic E-state index is 0.985. The van der Waals surface area contributed by atoms with Crippen LogP contribution in [0.15, 0.2) is 24.3 Å². The summed E-state index contributed by atoms with van der Waals surface area (Å²) in [5.41, 5.74) is 1.37. The van der Waals surface area contributed by atoms with E-state index >= 15 is 0 Å². The molecule has 0 aliphatic heterocycles. The molecule has 0 aliphatic carbocycles. The molecule has 0 bridgehead atoms. The van der Waals surface area contributed by atoms with Gasteiger partial charge in [0.2, 0.25) is 0 Å². The summed E-state index contributed by atoms with van der Waals surface area (Å²) in [6.45, 7) is 2.09. The highest BCUT2D eigenvalue weighted by Crippen LogP contribution is 2.06. The van der Waals surface area contributed by atoms with Crippen molar-refractivity contribution in [3.63, 3.8) is 0 Å². The van der Waals surface area contributed by atoms with Gasteiger partial charge in [-0.15, -0.1) is 0 Å². The van der Waals surface area contributed by atoms with Crippen LogP contribution in [0.1, 0.15) is 18.4 Å². The largest absolute Gasteiger partial charge is 0.313 e. The number of halogens is 2. The summed E-state index contributed by atoms with van der Waals surface area (Å²) >= 11 is 5.75. The quantitative estimate of drug-likeness (QED) is 0.460. The molecular weight excluding hydrogens is 353 g/mol. The first-order valence-corrected chi connectivity index (χ1v) is 7.04. The summed E-state index contributed by atoms with van der Waals surface area (Å²) in [7, 11) is 0. The molecule has 0 amide bonds. The van der Waals surface area contributed by atoms with Crippen LogP contribution in [0.25, 0.3) is 0 Å². The number of unbranched alkanes of at least 4 members (excludes halogenated alkanes) is 1. The van der Waals surface area contributed by atoms with E-state index < -0.39 is 0 Å². The van der Waals surface area contributed by atoms with Crippen LogP contribution < -0.4 is 5.32 Å². The maximum Gasteiger partial charge on any atom is 0.0205 e. The molecular formula is C11H15BrIN.